The number of halogens is 1. The molecule has 1 atom stereocenters. The maximum Gasteiger partial charge on any atom is 0.201 e. The standard InChI is InChI=1S/C14H19ClO2S/c1-10(14(16)12-7-8-13(15)18-12)17-9-11-5-3-2-4-6-11/h7-8,10-11H,2-6,9H2,1H3. The van der Waals surface area contributed by atoms with Crippen molar-refractivity contribution in [3.05, 3.63) is 21.3 Å². The van der Waals surface area contributed by atoms with Crippen LogP contribution in [0.1, 0.15) is 48.7 Å². The Morgan fingerprint density at radius 1 is 1.44 bits per heavy atom. The summed E-state index contributed by atoms with van der Waals surface area (Å²) >= 11 is 7.15. The minimum absolute atomic E-state index is 0.0442. The molecule has 0 N–H and O–H groups in total. The first-order chi connectivity index (χ1) is 8.66. The number of rotatable bonds is 5. The zero-order chi connectivity index (χ0) is 13.0. The largest absolute Gasteiger partial charge is 0.370 e. The number of carbonyl (C=O) groups excluding carboxylic acids is 1. The number of hydrogen-bond donors (Lipinski definition) is 0. The van der Waals surface area contributed by atoms with Crippen LogP contribution in [0.2, 0.25) is 4.34 Å². The highest BCUT2D eigenvalue weighted by atomic mass is 35.5. The van der Waals surface area contributed by atoms with Gasteiger partial charge in [-0.1, -0.05) is 30.9 Å². The molecule has 1 aromatic rings. The predicted octanol–water partition coefficient (Wildman–Crippen LogP) is 4.57. The van der Waals surface area contributed by atoms with Crippen LogP contribution < -0.4 is 0 Å². The molecule has 2 rings (SSSR count). The van der Waals surface area contributed by atoms with Gasteiger partial charge in [-0.25, -0.2) is 0 Å². The molecule has 0 bridgehead atoms. The summed E-state index contributed by atoms with van der Waals surface area (Å²) in [5.74, 6) is 0.684. The molecule has 4 heteroatoms. The topological polar surface area (TPSA) is 26.3 Å². The number of ether oxygens (including phenoxy) is 1. The first kappa shape index (κ1) is 14.0. The van der Waals surface area contributed by atoms with Crippen LogP contribution in [0, 0.1) is 5.92 Å². The van der Waals surface area contributed by atoms with E-state index in [0.717, 1.165) is 0 Å². The summed E-state index contributed by atoms with van der Waals surface area (Å²) in [4.78, 5) is 12.7. The molecule has 100 valence electrons. The molecule has 1 aliphatic rings. The van der Waals surface area contributed by atoms with Gasteiger partial charge in [0.2, 0.25) is 5.78 Å². The summed E-state index contributed by atoms with van der Waals surface area (Å²) < 4.78 is 6.37. The smallest absolute Gasteiger partial charge is 0.201 e. The minimum Gasteiger partial charge on any atom is -0.370 e. The van der Waals surface area contributed by atoms with E-state index in [9.17, 15) is 4.79 Å². The lowest BCUT2D eigenvalue weighted by molar-refractivity contribution is 0.0289. The summed E-state index contributed by atoms with van der Waals surface area (Å²) in [6.07, 6.45) is 6.07. The summed E-state index contributed by atoms with van der Waals surface area (Å²) in [5, 5.41) is 0. The third-order valence-corrected chi connectivity index (χ3v) is 4.74. The molecule has 1 unspecified atom stereocenters. The fraction of sp³-hybridized carbons (Fsp3) is 0.643. The van der Waals surface area contributed by atoms with Gasteiger partial charge in [-0.3, -0.25) is 4.79 Å². The normalized spacial score (nSPS) is 18.8. The van der Waals surface area contributed by atoms with Crippen molar-refractivity contribution in [1.82, 2.24) is 0 Å². The van der Waals surface area contributed by atoms with Crippen molar-refractivity contribution in [3.8, 4) is 0 Å². The van der Waals surface area contributed by atoms with E-state index >= 15 is 0 Å². The quantitative estimate of drug-likeness (QED) is 0.741. The Morgan fingerprint density at radius 3 is 2.78 bits per heavy atom. The predicted molar refractivity (Wildman–Crippen MR) is 75.6 cm³/mol. The number of thiophene rings is 1. The molecule has 1 heterocycles. The van der Waals surface area contributed by atoms with Gasteiger partial charge >= 0.3 is 0 Å². The van der Waals surface area contributed by atoms with Crippen molar-refractivity contribution in [2.45, 2.75) is 45.1 Å². The Kier molecular flexibility index (Phi) is 5.22. The monoisotopic (exact) mass is 286 g/mol. The maximum atomic E-state index is 12.1. The molecule has 0 amide bonds. The number of Topliss-reactive ketones (excluding diaryl/α,β-unsaturated/α-hetero) is 1. The zero-order valence-corrected chi connectivity index (χ0v) is 12.2. The summed E-state index contributed by atoms with van der Waals surface area (Å²) in [6, 6.07) is 3.53. The van der Waals surface area contributed by atoms with Gasteiger partial charge in [0.25, 0.3) is 0 Å². The molecule has 1 aromatic heterocycles. The van der Waals surface area contributed by atoms with E-state index < -0.39 is 0 Å². The molecular formula is C14H19ClO2S. The molecule has 1 aliphatic carbocycles. The molecule has 1 saturated carbocycles. The fourth-order valence-electron chi connectivity index (χ4n) is 2.36. The minimum atomic E-state index is -0.360. The Bertz CT molecular complexity index is 396. The van der Waals surface area contributed by atoms with Crippen LogP contribution in [0.25, 0.3) is 0 Å². The van der Waals surface area contributed by atoms with Crippen LogP contribution in [0.3, 0.4) is 0 Å². The first-order valence-corrected chi connectivity index (χ1v) is 7.77. The molecular weight excluding hydrogens is 268 g/mol. The van der Waals surface area contributed by atoms with Crippen LogP contribution >= 0.6 is 22.9 Å². The van der Waals surface area contributed by atoms with E-state index in [1.807, 2.05) is 6.92 Å². The van der Waals surface area contributed by atoms with Crippen molar-refractivity contribution >= 4 is 28.7 Å². The van der Waals surface area contributed by atoms with E-state index in [1.54, 1.807) is 12.1 Å². The van der Waals surface area contributed by atoms with E-state index in [2.05, 4.69) is 0 Å². The Morgan fingerprint density at radius 2 is 2.17 bits per heavy atom. The van der Waals surface area contributed by atoms with E-state index in [0.29, 0.717) is 21.7 Å². The van der Waals surface area contributed by atoms with Gasteiger partial charge in [0.1, 0.15) is 6.10 Å². The van der Waals surface area contributed by atoms with Crippen LogP contribution in [0.15, 0.2) is 12.1 Å². The van der Waals surface area contributed by atoms with Gasteiger partial charge in [0.05, 0.1) is 15.8 Å². The lowest BCUT2D eigenvalue weighted by Crippen LogP contribution is -2.24. The van der Waals surface area contributed by atoms with E-state index in [1.165, 1.54) is 43.4 Å². The lowest BCUT2D eigenvalue weighted by atomic mass is 9.90. The molecule has 0 saturated heterocycles. The highest BCUT2D eigenvalue weighted by molar-refractivity contribution is 7.18. The van der Waals surface area contributed by atoms with E-state index in [4.69, 9.17) is 16.3 Å². The molecule has 0 radical (unpaired) electrons. The van der Waals surface area contributed by atoms with Crippen molar-refractivity contribution < 1.29 is 9.53 Å². The number of ketones is 1. The van der Waals surface area contributed by atoms with Crippen LogP contribution in [-0.4, -0.2) is 18.5 Å². The van der Waals surface area contributed by atoms with Crippen LogP contribution in [0.5, 0.6) is 0 Å². The Hall–Kier alpha value is -0.380. The Labute approximate surface area is 117 Å². The maximum absolute atomic E-state index is 12.1. The summed E-state index contributed by atoms with van der Waals surface area (Å²) in [5.41, 5.74) is 0. The van der Waals surface area contributed by atoms with Crippen molar-refractivity contribution in [3.63, 3.8) is 0 Å². The average Bonchev–Trinajstić information content (AvgIpc) is 2.83. The molecule has 0 spiro atoms. The zero-order valence-electron chi connectivity index (χ0n) is 10.7. The van der Waals surface area contributed by atoms with E-state index in [-0.39, 0.29) is 11.9 Å². The van der Waals surface area contributed by atoms with Gasteiger partial charge in [-0.2, -0.15) is 0 Å². The van der Waals surface area contributed by atoms with Crippen LogP contribution in [0.4, 0.5) is 0 Å². The van der Waals surface area contributed by atoms with Crippen molar-refractivity contribution in [2.24, 2.45) is 5.92 Å². The Balaban J connectivity index is 1.80. The van der Waals surface area contributed by atoms with Gasteiger partial charge in [0, 0.05) is 0 Å². The fourth-order valence-corrected chi connectivity index (χ4v) is 3.42. The molecule has 18 heavy (non-hydrogen) atoms. The third kappa shape index (κ3) is 3.81. The SMILES string of the molecule is CC(OCC1CCCCC1)C(=O)c1ccc(Cl)s1. The first-order valence-electron chi connectivity index (χ1n) is 6.58. The lowest BCUT2D eigenvalue weighted by Gasteiger charge is -2.22. The third-order valence-electron chi connectivity index (χ3n) is 3.49. The summed E-state index contributed by atoms with van der Waals surface area (Å²) in [7, 11) is 0. The van der Waals surface area contributed by atoms with Crippen molar-refractivity contribution in [2.75, 3.05) is 6.61 Å². The van der Waals surface area contributed by atoms with Gasteiger partial charge in [0.15, 0.2) is 0 Å². The average molecular weight is 287 g/mol. The second-order valence-corrected chi connectivity index (χ2v) is 6.66. The van der Waals surface area contributed by atoms with Gasteiger partial charge < -0.3 is 4.74 Å². The molecule has 0 aliphatic heterocycles. The van der Waals surface area contributed by atoms with Gasteiger partial charge in [-0.05, 0) is 37.8 Å². The number of carbonyl (C=O) groups is 1. The van der Waals surface area contributed by atoms with Gasteiger partial charge in [-0.15, -0.1) is 11.3 Å². The summed E-state index contributed by atoms with van der Waals surface area (Å²) in [6.45, 7) is 2.55. The van der Waals surface area contributed by atoms with Crippen LogP contribution in [-0.2, 0) is 4.74 Å². The van der Waals surface area contributed by atoms with Crippen molar-refractivity contribution in [1.29, 1.82) is 0 Å². The molecule has 1 fully saturated rings. The highest BCUT2D eigenvalue weighted by Gasteiger charge is 2.20. The molecule has 0 aromatic carbocycles. The number of hydrogen-bond acceptors (Lipinski definition) is 3. The second-order valence-electron chi connectivity index (χ2n) is 4.95. The highest BCUT2D eigenvalue weighted by Crippen LogP contribution is 2.26. The molecule has 2 nitrogen and oxygen atoms in total. The second kappa shape index (κ2) is 6.69.